The summed E-state index contributed by atoms with van der Waals surface area (Å²) in [6.45, 7) is 3.80. The van der Waals surface area contributed by atoms with E-state index >= 15 is 0 Å². The van der Waals surface area contributed by atoms with Crippen LogP contribution in [0.5, 0.6) is 0 Å². The topological polar surface area (TPSA) is 37.6 Å². The first kappa shape index (κ1) is 24.8. The number of aryl methyl sites for hydroxylation is 1. The van der Waals surface area contributed by atoms with E-state index in [2.05, 4.69) is 16.8 Å². The van der Waals surface area contributed by atoms with Gasteiger partial charge in [0.2, 0.25) is 0 Å². The molecule has 37 heavy (non-hydrogen) atoms. The van der Waals surface area contributed by atoms with Crippen LogP contribution in [0.15, 0.2) is 67.0 Å². The number of carbonyl (C=O) groups is 1. The van der Waals surface area contributed by atoms with Crippen molar-refractivity contribution in [2.45, 2.75) is 38.9 Å². The summed E-state index contributed by atoms with van der Waals surface area (Å²) >= 11 is 0. The van der Waals surface area contributed by atoms with E-state index in [1.807, 2.05) is 46.7 Å². The fourth-order valence-electron chi connectivity index (χ4n) is 4.69. The molecule has 2 aromatic heterocycles. The number of imidazole rings is 1. The molecule has 1 fully saturated rings. The van der Waals surface area contributed by atoms with E-state index in [4.69, 9.17) is 0 Å². The molecule has 0 N–H and O–H groups in total. The highest BCUT2D eigenvalue weighted by Gasteiger charge is 2.34. The summed E-state index contributed by atoms with van der Waals surface area (Å²) in [5.74, 6) is 5.98. The van der Waals surface area contributed by atoms with Crippen molar-refractivity contribution >= 4 is 11.4 Å². The minimum absolute atomic E-state index is 0.115. The standard InChI is InChI=1S/C30H26F3N3O/c1-21-7-9-24(18-23(21)11-12-26-19-34-29-6-2-3-15-36(26)29)28(37)17-22-8-10-25(20-35-13-4-5-14-35)27(16-22)30(31,32)33/h2-3,6-10,15-16,18-19H,4-5,13-14,17,20H2,1H3. The molecule has 4 nitrogen and oxygen atoms in total. The number of halogens is 3. The van der Waals surface area contributed by atoms with E-state index < -0.39 is 11.7 Å². The van der Waals surface area contributed by atoms with Crippen molar-refractivity contribution in [1.82, 2.24) is 14.3 Å². The number of benzene rings is 2. The highest BCUT2D eigenvalue weighted by Crippen LogP contribution is 2.34. The van der Waals surface area contributed by atoms with Crippen LogP contribution in [0.25, 0.3) is 5.65 Å². The average molecular weight is 502 g/mol. The van der Waals surface area contributed by atoms with Crippen molar-refractivity contribution in [2.24, 2.45) is 0 Å². The van der Waals surface area contributed by atoms with Gasteiger partial charge in [0.1, 0.15) is 11.3 Å². The molecule has 0 spiro atoms. The van der Waals surface area contributed by atoms with Gasteiger partial charge < -0.3 is 0 Å². The third kappa shape index (κ3) is 5.60. The van der Waals surface area contributed by atoms with Crippen LogP contribution in [0.4, 0.5) is 13.2 Å². The number of rotatable bonds is 5. The number of carbonyl (C=O) groups excluding carboxylic acids is 1. The van der Waals surface area contributed by atoms with Gasteiger partial charge in [0.25, 0.3) is 0 Å². The molecular weight excluding hydrogens is 475 g/mol. The minimum atomic E-state index is -4.47. The summed E-state index contributed by atoms with van der Waals surface area (Å²) in [4.78, 5) is 19.4. The first-order valence-electron chi connectivity index (χ1n) is 12.3. The molecule has 7 heteroatoms. The highest BCUT2D eigenvalue weighted by atomic mass is 19.4. The van der Waals surface area contributed by atoms with E-state index in [1.54, 1.807) is 24.4 Å². The Morgan fingerprint density at radius 2 is 1.84 bits per heavy atom. The number of alkyl halides is 3. The van der Waals surface area contributed by atoms with Gasteiger partial charge in [-0.1, -0.05) is 36.3 Å². The van der Waals surface area contributed by atoms with Gasteiger partial charge >= 0.3 is 6.18 Å². The van der Waals surface area contributed by atoms with Crippen molar-refractivity contribution < 1.29 is 18.0 Å². The maximum absolute atomic E-state index is 13.8. The lowest BCUT2D eigenvalue weighted by Gasteiger charge is -2.19. The predicted molar refractivity (Wildman–Crippen MR) is 136 cm³/mol. The third-order valence-electron chi connectivity index (χ3n) is 6.74. The lowest BCUT2D eigenvalue weighted by molar-refractivity contribution is -0.138. The Morgan fingerprint density at radius 1 is 1.03 bits per heavy atom. The number of fused-ring (bicyclic) bond motifs is 1. The van der Waals surface area contributed by atoms with Gasteiger partial charge in [-0.3, -0.25) is 14.1 Å². The molecule has 0 saturated carbocycles. The maximum atomic E-state index is 13.8. The van der Waals surface area contributed by atoms with Crippen LogP contribution in [-0.4, -0.2) is 33.2 Å². The Kier molecular flexibility index (Phi) is 6.86. The van der Waals surface area contributed by atoms with Gasteiger partial charge in [-0.25, -0.2) is 4.98 Å². The van der Waals surface area contributed by atoms with Crippen molar-refractivity contribution in [3.8, 4) is 11.8 Å². The van der Waals surface area contributed by atoms with Gasteiger partial charge in [0, 0.05) is 30.3 Å². The number of hydrogen-bond donors (Lipinski definition) is 0. The van der Waals surface area contributed by atoms with Crippen LogP contribution in [0, 0.1) is 18.8 Å². The van der Waals surface area contributed by atoms with Crippen LogP contribution in [-0.2, 0) is 19.1 Å². The molecule has 1 saturated heterocycles. The summed E-state index contributed by atoms with van der Waals surface area (Å²) in [5, 5.41) is 0. The molecule has 3 heterocycles. The smallest absolute Gasteiger partial charge is 0.299 e. The second-order valence-corrected chi connectivity index (χ2v) is 9.42. The van der Waals surface area contributed by atoms with Gasteiger partial charge in [0.15, 0.2) is 5.78 Å². The Labute approximate surface area is 213 Å². The summed E-state index contributed by atoms with van der Waals surface area (Å²) in [7, 11) is 0. The van der Waals surface area contributed by atoms with E-state index in [0.29, 0.717) is 16.7 Å². The summed E-state index contributed by atoms with van der Waals surface area (Å²) < 4.78 is 43.4. The van der Waals surface area contributed by atoms with Gasteiger partial charge in [-0.2, -0.15) is 13.2 Å². The average Bonchev–Trinajstić information content (AvgIpc) is 3.54. The molecular formula is C30H26F3N3O. The summed E-state index contributed by atoms with van der Waals surface area (Å²) in [5.41, 5.74) is 3.47. The minimum Gasteiger partial charge on any atom is -0.299 e. The zero-order chi connectivity index (χ0) is 26.0. The molecule has 0 radical (unpaired) electrons. The van der Waals surface area contributed by atoms with Crippen LogP contribution in [0.1, 0.15) is 56.7 Å². The molecule has 0 aliphatic carbocycles. The van der Waals surface area contributed by atoms with E-state index in [-0.39, 0.29) is 24.3 Å². The Morgan fingerprint density at radius 3 is 2.62 bits per heavy atom. The molecule has 4 aromatic rings. The molecule has 0 atom stereocenters. The van der Waals surface area contributed by atoms with E-state index in [0.717, 1.165) is 48.9 Å². The second-order valence-electron chi connectivity index (χ2n) is 9.42. The SMILES string of the molecule is Cc1ccc(C(=O)Cc2ccc(CN3CCCC3)c(C(F)(F)F)c2)cc1C#Cc1cnc2ccccn12. The quantitative estimate of drug-likeness (QED) is 0.246. The number of hydrogen-bond acceptors (Lipinski definition) is 3. The fraction of sp³-hybridized carbons (Fsp3) is 0.267. The number of ketones is 1. The lowest BCUT2D eigenvalue weighted by atomic mass is 9.96. The summed E-state index contributed by atoms with van der Waals surface area (Å²) in [6, 6.07) is 15.2. The number of aromatic nitrogens is 2. The van der Waals surface area contributed by atoms with E-state index in [1.165, 1.54) is 6.07 Å². The van der Waals surface area contributed by atoms with Crippen molar-refractivity contribution in [2.75, 3.05) is 13.1 Å². The first-order chi connectivity index (χ1) is 17.8. The number of nitrogens with zero attached hydrogens (tertiary/aromatic N) is 3. The van der Waals surface area contributed by atoms with Crippen molar-refractivity contribution in [1.29, 1.82) is 0 Å². The Bertz CT molecular complexity index is 1520. The highest BCUT2D eigenvalue weighted by molar-refractivity contribution is 5.98. The number of Topliss-reactive ketones (excluding diaryl/α,β-unsaturated/α-hetero) is 1. The Balaban J connectivity index is 1.37. The molecule has 0 unspecified atom stereocenters. The van der Waals surface area contributed by atoms with Gasteiger partial charge in [-0.05, 0) is 79.7 Å². The van der Waals surface area contributed by atoms with Crippen LogP contribution >= 0.6 is 0 Å². The second kappa shape index (κ2) is 10.2. The number of likely N-dealkylation sites (tertiary alicyclic amines) is 1. The number of pyridine rings is 1. The molecule has 1 aliphatic heterocycles. The van der Waals surface area contributed by atoms with Crippen molar-refractivity contribution in [3.63, 3.8) is 0 Å². The van der Waals surface area contributed by atoms with Crippen LogP contribution in [0.3, 0.4) is 0 Å². The Hall–Kier alpha value is -3.89. The summed E-state index contributed by atoms with van der Waals surface area (Å²) in [6.07, 6.45) is 1.00. The molecule has 1 aliphatic rings. The molecule has 5 rings (SSSR count). The molecule has 188 valence electrons. The fourth-order valence-corrected chi connectivity index (χ4v) is 4.69. The molecule has 2 aromatic carbocycles. The third-order valence-corrected chi connectivity index (χ3v) is 6.74. The predicted octanol–water partition coefficient (Wildman–Crippen LogP) is 6.08. The first-order valence-corrected chi connectivity index (χ1v) is 12.3. The van der Waals surface area contributed by atoms with Crippen molar-refractivity contribution in [3.05, 3.63) is 106 Å². The zero-order valence-electron chi connectivity index (χ0n) is 20.5. The molecule has 0 amide bonds. The largest absolute Gasteiger partial charge is 0.416 e. The lowest BCUT2D eigenvalue weighted by Crippen LogP contribution is -2.21. The monoisotopic (exact) mass is 501 g/mol. The van der Waals surface area contributed by atoms with Crippen LogP contribution in [0.2, 0.25) is 0 Å². The molecule has 0 bridgehead atoms. The van der Waals surface area contributed by atoms with E-state index in [9.17, 15) is 18.0 Å². The maximum Gasteiger partial charge on any atom is 0.416 e. The normalized spacial score (nSPS) is 14.1. The van der Waals surface area contributed by atoms with Gasteiger partial charge in [0.05, 0.1) is 11.8 Å². The zero-order valence-corrected chi connectivity index (χ0v) is 20.5. The van der Waals surface area contributed by atoms with Crippen LogP contribution < -0.4 is 0 Å². The van der Waals surface area contributed by atoms with Gasteiger partial charge in [-0.15, -0.1) is 0 Å².